The molecule has 1 aromatic carbocycles. The van der Waals surface area contributed by atoms with E-state index in [0.717, 1.165) is 24.1 Å². The first-order valence-corrected chi connectivity index (χ1v) is 8.55. The third-order valence-electron chi connectivity index (χ3n) is 5.59. The highest BCUT2D eigenvalue weighted by Crippen LogP contribution is 2.40. The molecule has 1 N–H and O–H groups in total. The maximum atomic E-state index is 10.8. The van der Waals surface area contributed by atoms with E-state index in [0.29, 0.717) is 0 Å². The molecule has 116 valence electrons. The fourth-order valence-electron chi connectivity index (χ4n) is 4.40. The lowest BCUT2D eigenvalue weighted by Gasteiger charge is -2.39. The van der Waals surface area contributed by atoms with Crippen molar-refractivity contribution in [1.82, 2.24) is 4.90 Å². The lowest BCUT2D eigenvalue weighted by Crippen LogP contribution is -2.42. The molecule has 2 nitrogen and oxygen atoms in total. The van der Waals surface area contributed by atoms with E-state index >= 15 is 0 Å². The van der Waals surface area contributed by atoms with E-state index < -0.39 is 0 Å². The molecule has 1 aromatic rings. The van der Waals surface area contributed by atoms with Crippen molar-refractivity contribution in [3.8, 4) is 0 Å². The van der Waals surface area contributed by atoms with Crippen LogP contribution in [0.4, 0.5) is 0 Å². The third-order valence-corrected chi connectivity index (χ3v) is 5.59. The largest absolute Gasteiger partial charge is 0.388 e. The summed E-state index contributed by atoms with van der Waals surface area (Å²) in [5.41, 5.74) is 0.940. The molecule has 3 atom stereocenters. The zero-order valence-corrected chi connectivity index (χ0v) is 13.5. The molecule has 2 aliphatic rings. The standard InChI is InChI=1S/C19H29NO/c1-19(2,18(21)16-9-4-3-5-10-16)14-20-13-12-15-8-6-7-11-17(15)20/h3-5,9-10,15,17-18,21H,6-8,11-14H2,1-2H3. The maximum absolute atomic E-state index is 10.8. The molecule has 0 spiro atoms. The number of hydrogen-bond acceptors (Lipinski definition) is 2. The van der Waals surface area contributed by atoms with Crippen LogP contribution in [0.15, 0.2) is 30.3 Å². The first kappa shape index (κ1) is 15.1. The molecule has 2 heteroatoms. The van der Waals surface area contributed by atoms with Crippen molar-refractivity contribution < 1.29 is 5.11 Å². The van der Waals surface area contributed by atoms with Gasteiger partial charge < -0.3 is 5.11 Å². The maximum Gasteiger partial charge on any atom is 0.0853 e. The van der Waals surface area contributed by atoms with Crippen LogP contribution in [-0.2, 0) is 0 Å². The van der Waals surface area contributed by atoms with E-state index in [1.54, 1.807) is 0 Å². The topological polar surface area (TPSA) is 23.5 Å². The molecule has 21 heavy (non-hydrogen) atoms. The summed E-state index contributed by atoms with van der Waals surface area (Å²) >= 11 is 0. The summed E-state index contributed by atoms with van der Waals surface area (Å²) < 4.78 is 0. The summed E-state index contributed by atoms with van der Waals surface area (Å²) in [5.74, 6) is 0.920. The molecule has 0 aromatic heterocycles. The van der Waals surface area contributed by atoms with E-state index in [9.17, 15) is 5.11 Å². The van der Waals surface area contributed by atoms with Gasteiger partial charge in [0.25, 0.3) is 0 Å². The third kappa shape index (κ3) is 3.17. The van der Waals surface area contributed by atoms with Crippen LogP contribution in [0, 0.1) is 11.3 Å². The van der Waals surface area contributed by atoms with Gasteiger partial charge in [0.05, 0.1) is 6.10 Å². The Bertz CT molecular complexity index is 456. The zero-order valence-electron chi connectivity index (χ0n) is 13.5. The number of benzene rings is 1. The molecule has 3 rings (SSSR count). The molecule has 0 bridgehead atoms. The van der Waals surface area contributed by atoms with Gasteiger partial charge in [-0.3, -0.25) is 4.90 Å². The minimum absolute atomic E-state index is 0.103. The lowest BCUT2D eigenvalue weighted by atomic mass is 9.80. The Kier molecular flexibility index (Phi) is 4.37. The molecular formula is C19H29NO. The summed E-state index contributed by atoms with van der Waals surface area (Å²) in [6, 6.07) is 10.9. The van der Waals surface area contributed by atoms with Crippen LogP contribution >= 0.6 is 0 Å². The molecule has 1 saturated heterocycles. The van der Waals surface area contributed by atoms with E-state index in [-0.39, 0.29) is 11.5 Å². The van der Waals surface area contributed by atoms with Gasteiger partial charge in [-0.15, -0.1) is 0 Å². The summed E-state index contributed by atoms with van der Waals surface area (Å²) in [5, 5.41) is 10.8. The van der Waals surface area contributed by atoms with Crippen molar-refractivity contribution >= 4 is 0 Å². The Morgan fingerprint density at radius 3 is 2.62 bits per heavy atom. The fraction of sp³-hybridized carbons (Fsp3) is 0.684. The van der Waals surface area contributed by atoms with Gasteiger partial charge in [0, 0.05) is 18.0 Å². The second-order valence-electron chi connectivity index (χ2n) is 7.67. The fourth-order valence-corrected chi connectivity index (χ4v) is 4.40. The number of aliphatic hydroxyl groups excluding tert-OH is 1. The predicted molar refractivity (Wildman–Crippen MR) is 87.1 cm³/mol. The average Bonchev–Trinajstić information content (AvgIpc) is 2.90. The van der Waals surface area contributed by atoms with Crippen LogP contribution in [0.1, 0.15) is 57.6 Å². The van der Waals surface area contributed by atoms with E-state index in [1.807, 2.05) is 30.3 Å². The Balaban J connectivity index is 1.68. The van der Waals surface area contributed by atoms with Gasteiger partial charge in [-0.1, -0.05) is 57.0 Å². The van der Waals surface area contributed by atoms with Gasteiger partial charge in [0.15, 0.2) is 0 Å². The highest BCUT2D eigenvalue weighted by atomic mass is 16.3. The molecular weight excluding hydrogens is 258 g/mol. The van der Waals surface area contributed by atoms with Crippen molar-refractivity contribution in [3.63, 3.8) is 0 Å². The van der Waals surface area contributed by atoms with Gasteiger partial charge in [-0.25, -0.2) is 0 Å². The van der Waals surface area contributed by atoms with Crippen molar-refractivity contribution in [2.75, 3.05) is 13.1 Å². The number of aliphatic hydroxyl groups is 1. The van der Waals surface area contributed by atoms with E-state index in [4.69, 9.17) is 0 Å². The normalized spacial score (nSPS) is 28.3. The van der Waals surface area contributed by atoms with Crippen molar-refractivity contribution in [2.45, 2.75) is 58.1 Å². The van der Waals surface area contributed by atoms with Gasteiger partial charge >= 0.3 is 0 Å². The molecule has 2 fully saturated rings. The lowest BCUT2D eigenvalue weighted by molar-refractivity contribution is 0.0117. The Morgan fingerprint density at radius 1 is 1.14 bits per heavy atom. The minimum atomic E-state index is -0.388. The quantitative estimate of drug-likeness (QED) is 0.904. The predicted octanol–water partition coefficient (Wildman–Crippen LogP) is 4.01. The first-order valence-electron chi connectivity index (χ1n) is 8.55. The van der Waals surface area contributed by atoms with Gasteiger partial charge in [0.2, 0.25) is 0 Å². The van der Waals surface area contributed by atoms with Crippen LogP contribution in [0.3, 0.4) is 0 Å². The number of likely N-dealkylation sites (tertiary alicyclic amines) is 1. The smallest absolute Gasteiger partial charge is 0.0853 e. The molecule has 1 heterocycles. The molecule has 0 amide bonds. The van der Waals surface area contributed by atoms with Crippen LogP contribution in [0.2, 0.25) is 0 Å². The summed E-state index contributed by atoms with van der Waals surface area (Å²) in [4.78, 5) is 2.66. The SMILES string of the molecule is CC(C)(CN1CCC2CCCCC21)C(O)c1ccccc1. The summed E-state index contributed by atoms with van der Waals surface area (Å²) in [6.07, 6.45) is 6.57. The Labute approximate surface area is 129 Å². The molecule has 0 radical (unpaired) electrons. The molecule has 3 unspecified atom stereocenters. The average molecular weight is 287 g/mol. The Hall–Kier alpha value is -0.860. The first-order chi connectivity index (χ1) is 10.1. The zero-order chi connectivity index (χ0) is 14.9. The number of nitrogens with zero attached hydrogens (tertiary/aromatic N) is 1. The van der Waals surface area contributed by atoms with Crippen molar-refractivity contribution in [1.29, 1.82) is 0 Å². The summed E-state index contributed by atoms with van der Waals surface area (Å²) in [7, 11) is 0. The van der Waals surface area contributed by atoms with Crippen LogP contribution < -0.4 is 0 Å². The van der Waals surface area contributed by atoms with Gasteiger partial charge in [-0.2, -0.15) is 0 Å². The monoisotopic (exact) mass is 287 g/mol. The number of hydrogen-bond donors (Lipinski definition) is 1. The Morgan fingerprint density at radius 2 is 1.86 bits per heavy atom. The summed E-state index contributed by atoms with van der Waals surface area (Å²) in [6.45, 7) is 6.64. The van der Waals surface area contributed by atoms with E-state index in [1.165, 1.54) is 38.6 Å². The highest BCUT2D eigenvalue weighted by molar-refractivity contribution is 5.19. The van der Waals surface area contributed by atoms with Gasteiger partial charge in [-0.05, 0) is 37.3 Å². The number of rotatable bonds is 4. The minimum Gasteiger partial charge on any atom is -0.388 e. The number of fused-ring (bicyclic) bond motifs is 1. The highest BCUT2D eigenvalue weighted by Gasteiger charge is 2.40. The van der Waals surface area contributed by atoms with Crippen molar-refractivity contribution in [3.05, 3.63) is 35.9 Å². The molecule has 1 aliphatic heterocycles. The molecule has 1 aliphatic carbocycles. The van der Waals surface area contributed by atoms with Crippen molar-refractivity contribution in [2.24, 2.45) is 11.3 Å². The second kappa shape index (κ2) is 6.10. The van der Waals surface area contributed by atoms with Crippen LogP contribution in [0.5, 0.6) is 0 Å². The van der Waals surface area contributed by atoms with Crippen LogP contribution in [0.25, 0.3) is 0 Å². The second-order valence-corrected chi connectivity index (χ2v) is 7.67. The van der Waals surface area contributed by atoms with Gasteiger partial charge in [0.1, 0.15) is 0 Å². The van der Waals surface area contributed by atoms with E-state index in [2.05, 4.69) is 18.7 Å². The van der Waals surface area contributed by atoms with Crippen LogP contribution in [-0.4, -0.2) is 29.1 Å². The molecule has 1 saturated carbocycles.